The Morgan fingerprint density at radius 3 is 2.53 bits per heavy atom. The van der Waals surface area contributed by atoms with Crippen LogP contribution < -0.4 is 5.23 Å². The van der Waals surface area contributed by atoms with Gasteiger partial charge in [-0.05, 0) is 38.4 Å². The quantitative estimate of drug-likeness (QED) is 0.369. The fourth-order valence-electron chi connectivity index (χ4n) is 5.20. The number of ketones is 1. The van der Waals surface area contributed by atoms with Crippen LogP contribution in [-0.2, 0) is 22.7 Å². The van der Waals surface area contributed by atoms with Crippen LogP contribution in [0.25, 0.3) is 22.2 Å². The van der Waals surface area contributed by atoms with Crippen LogP contribution in [0.3, 0.4) is 0 Å². The Kier molecular flexibility index (Phi) is 5.86. The van der Waals surface area contributed by atoms with Gasteiger partial charge in [0.25, 0.3) is 0 Å². The maximum absolute atomic E-state index is 13.4. The van der Waals surface area contributed by atoms with E-state index in [1.807, 2.05) is 19.0 Å². The van der Waals surface area contributed by atoms with Crippen molar-refractivity contribution in [2.45, 2.75) is 51.9 Å². The number of pyridine rings is 1. The van der Waals surface area contributed by atoms with Gasteiger partial charge in [0, 0.05) is 36.3 Å². The minimum atomic E-state index is -0.486. The number of likely N-dealkylation sites (tertiary alicyclic amines) is 1. The lowest BCUT2D eigenvalue weighted by Gasteiger charge is -2.26. The van der Waals surface area contributed by atoms with E-state index in [0.29, 0.717) is 35.4 Å². The zero-order chi connectivity index (χ0) is 25.8. The predicted molar refractivity (Wildman–Crippen MR) is 134 cm³/mol. The van der Waals surface area contributed by atoms with E-state index in [2.05, 4.69) is 32.2 Å². The maximum atomic E-state index is 13.4. The summed E-state index contributed by atoms with van der Waals surface area (Å²) in [5.74, 6) is 0.143. The molecule has 1 N–H and O–H groups in total. The molecule has 3 aromatic rings. The molecule has 11 nitrogen and oxygen atoms in total. The molecule has 186 valence electrons. The van der Waals surface area contributed by atoms with Gasteiger partial charge in [0.05, 0.1) is 24.0 Å². The molecule has 2 fully saturated rings. The molecule has 0 bridgehead atoms. The monoisotopic (exact) mass is 488 g/mol. The van der Waals surface area contributed by atoms with Gasteiger partial charge in [-0.25, -0.2) is 9.97 Å². The van der Waals surface area contributed by atoms with Crippen LogP contribution in [-0.4, -0.2) is 86.3 Å². The fraction of sp³-hybridized carbons (Fsp3) is 0.458. The Morgan fingerprint density at radius 2 is 1.89 bits per heavy atom. The normalized spacial score (nSPS) is 22.6. The summed E-state index contributed by atoms with van der Waals surface area (Å²) in [6.07, 6.45) is 6.58. The third kappa shape index (κ3) is 4.15. The fourth-order valence-corrected chi connectivity index (χ4v) is 5.20. The van der Waals surface area contributed by atoms with Crippen molar-refractivity contribution in [3.63, 3.8) is 0 Å². The van der Waals surface area contributed by atoms with Crippen molar-refractivity contribution >= 4 is 36.5 Å². The molecule has 36 heavy (non-hydrogen) atoms. The number of nitrogens with one attached hydrogen (secondary N) is 1. The van der Waals surface area contributed by atoms with Crippen LogP contribution in [0.1, 0.15) is 43.0 Å². The summed E-state index contributed by atoms with van der Waals surface area (Å²) in [6.45, 7) is 4.11. The van der Waals surface area contributed by atoms with E-state index in [-0.39, 0.29) is 41.3 Å². The molecule has 3 aromatic heterocycles. The maximum Gasteiger partial charge on any atom is 0.245 e. The van der Waals surface area contributed by atoms with E-state index < -0.39 is 6.04 Å². The first-order valence-corrected chi connectivity index (χ1v) is 12.0. The predicted octanol–water partition coefficient (Wildman–Crippen LogP) is 0.196. The number of amides is 2. The van der Waals surface area contributed by atoms with E-state index in [0.717, 1.165) is 12.0 Å². The molecule has 1 aliphatic heterocycles. The molecule has 5 rings (SSSR count). The average molecular weight is 488 g/mol. The Morgan fingerprint density at radius 1 is 1.17 bits per heavy atom. The smallest absolute Gasteiger partial charge is 0.245 e. The van der Waals surface area contributed by atoms with Gasteiger partial charge in [0.1, 0.15) is 24.1 Å². The van der Waals surface area contributed by atoms with E-state index in [9.17, 15) is 14.4 Å². The minimum Gasteiger partial charge on any atom is -0.404 e. The van der Waals surface area contributed by atoms with Gasteiger partial charge >= 0.3 is 0 Å². The highest BCUT2D eigenvalue weighted by molar-refractivity contribution is 6.15. The van der Waals surface area contributed by atoms with Crippen molar-refractivity contribution in [3.05, 3.63) is 36.2 Å². The summed E-state index contributed by atoms with van der Waals surface area (Å²) in [7, 11) is 5.48. The topological polar surface area (TPSA) is 126 Å². The van der Waals surface area contributed by atoms with E-state index in [4.69, 9.17) is 0 Å². The Bertz CT molecular complexity index is 1370. The van der Waals surface area contributed by atoms with Gasteiger partial charge in [-0.1, -0.05) is 6.92 Å². The van der Waals surface area contributed by atoms with Gasteiger partial charge in [-0.2, -0.15) is 5.10 Å². The summed E-state index contributed by atoms with van der Waals surface area (Å²) < 4.78 is 1.51. The van der Waals surface area contributed by atoms with Crippen molar-refractivity contribution in [3.8, 4) is 11.3 Å². The van der Waals surface area contributed by atoms with Crippen LogP contribution >= 0.6 is 0 Å². The van der Waals surface area contributed by atoms with Gasteiger partial charge in [-0.15, -0.1) is 0 Å². The lowest BCUT2D eigenvalue weighted by atomic mass is 10.0. The summed E-state index contributed by atoms with van der Waals surface area (Å²) in [6, 6.07) is 1.35. The Balaban J connectivity index is 1.45. The summed E-state index contributed by atoms with van der Waals surface area (Å²) in [5.41, 5.74) is 2.17. The molecule has 3 atom stereocenters. The second-order valence-corrected chi connectivity index (χ2v) is 10.3. The van der Waals surface area contributed by atoms with Crippen LogP contribution in [0.2, 0.25) is 0 Å². The van der Waals surface area contributed by atoms with Gasteiger partial charge in [-0.3, -0.25) is 24.0 Å². The van der Waals surface area contributed by atoms with Gasteiger partial charge in [0.15, 0.2) is 5.78 Å². The number of hydrogen-bond donors (Lipinski definition) is 1. The minimum absolute atomic E-state index is 0.00974. The largest absolute Gasteiger partial charge is 0.404 e. The van der Waals surface area contributed by atoms with Crippen LogP contribution in [0.4, 0.5) is 0 Å². The van der Waals surface area contributed by atoms with Crippen molar-refractivity contribution in [2.24, 2.45) is 5.41 Å². The first kappa shape index (κ1) is 24.0. The van der Waals surface area contributed by atoms with Crippen LogP contribution in [0.15, 0.2) is 24.7 Å². The van der Waals surface area contributed by atoms with Gasteiger partial charge < -0.3 is 15.0 Å². The third-order valence-electron chi connectivity index (χ3n) is 7.19. The number of fused-ring (bicyclic) bond motifs is 2. The molecule has 1 saturated heterocycles. The first-order valence-electron chi connectivity index (χ1n) is 12.0. The van der Waals surface area contributed by atoms with E-state index >= 15 is 0 Å². The first-order chi connectivity index (χ1) is 17.1. The summed E-state index contributed by atoms with van der Waals surface area (Å²) in [5, 5.41) is 7.75. The number of carbonyl (C=O) groups is 3. The Hall–Kier alpha value is -3.67. The molecule has 12 heteroatoms. The highest BCUT2D eigenvalue weighted by Crippen LogP contribution is 2.59. The number of carbonyl (C=O) groups excluding carboxylic acids is 3. The highest BCUT2D eigenvalue weighted by atomic mass is 16.2. The molecule has 0 radical (unpaired) electrons. The molecule has 0 spiro atoms. The zero-order valence-electron chi connectivity index (χ0n) is 21.1. The van der Waals surface area contributed by atoms with E-state index in [1.54, 1.807) is 37.5 Å². The molecule has 1 saturated carbocycles. The average Bonchev–Trinajstić information content (AvgIpc) is 3.21. The SMILES string of the molecule is BNC(=O)C1CC2(C)CC2N1C(=O)Cn1nc(C(C)=O)c2cc(-c3cnc(CN(C)C)nc3)ncc21. The molecule has 0 aromatic carbocycles. The van der Waals surface area contributed by atoms with Crippen molar-refractivity contribution < 1.29 is 14.4 Å². The highest BCUT2D eigenvalue weighted by Gasteiger charge is 2.64. The molecule has 3 unspecified atom stereocenters. The molecule has 2 aliphatic rings. The van der Waals surface area contributed by atoms with Crippen LogP contribution in [0, 0.1) is 5.41 Å². The number of aromatic nitrogens is 5. The molecular weight excluding hydrogens is 459 g/mol. The van der Waals surface area contributed by atoms with Crippen molar-refractivity contribution in [2.75, 3.05) is 14.1 Å². The van der Waals surface area contributed by atoms with Crippen molar-refractivity contribution in [1.82, 2.24) is 39.8 Å². The molecule has 2 amide bonds. The van der Waals surface area contributed by atoms with Crippen molar-refractivity contribution in [1.29, 1.82) is 0 Å². The lowest BCUT2D eigenvalue weighted by Crippen LogP contribution is -2.48. The Labute approximate surface area is 209 Å². The molecular formula is C24H29BN8O3. The number of nitrogens with zero attached hydrogens (tertiary/aromatic N) is 7. The van der Waals surface area contributed by atoms with Gasteiger partial charge in [0.2, 0.25) is 19.8 Å². The second kappa shape index (κ2) is 8.77. The third-order valence-corrected chi connectivity index (χ3v) is 7.19. The number of piperidine rings is 1. The number of hydrogen-bond acceptors (Lipinski definition) is 8. The summed E-state index contributed by atoms with van der Waals surface area (Å²) >= 11 is 0. The number of Topliss-reactive ketones (excluding diaryl/α,β-unsaturated/α-hetero) is 1. The zero-order valence-corrected chi connectivity index (χ0v) is 21.1. The summed E-state index contributed by atoms with van der Waals surface area (Å²) in [4.78, 5) is 55.3. The molecule has 1 aliphatic carbocycles. The molecule has 4 heterocycles. The van der Waals surface area contributed by atoms with E-state index in [1.165, 1.54) is 11.6 Å². The number of rotatable bonds is 7. The van der Waals surface area contributed by atoms with Crippen LogP contribution in [0.5, 0.6) is 0 Å². The second-order valence-electron chi connectivity index (χ2n) is 10.3. The lowest BCUT2D eigenvalue weighted by molar-refractivity contribution is -0.139. The standard InChI is InChI=1S/C24H29BN8O3/c1-13(34)22-15-5-16(14-8-27-20(28-9-14)11-31(3)4)26-10-18(15)32(30-22)12-21(35)33-17(23(36)29-25)6-24(2)7-19(24)33/h5,8-10,17,19H,6-7,11-12,25H2,1-4H3,(H,29,36).